The van der Waals surface area contributed by atoms with Gasteiger partial charge >= 0.3 is 0 Å². The van der Waals surface area contributed by atoms with Crippen LogP contribution in [0.1, 0.15) is 0 Å². The van der Waals surface area contributed by atoms with E-state index in [-0.39, 0.29) is 11.4 Å². The molecule has 0 saturated heterocycles. The van der Waals surface area contributed by atoms with Crippen LogP contribution in [0.25, 0.3) is 0 Å². The monoisotopic (exact) mass is 252 g/mol. The van der Waals surface area contributed by atoms with Crippen LogP contribution in [0.3, 0.4) is 0 Å². The van der Waals surface area contributed by atoms with Gasteiger partial charge in [0.15, 0.2) is 5.75 Å². The maximum Gasteiger partial charge on any atom is 0.240 e. The molecule has 5 nitrogen and oxygen atoms in total. The molecule has 0 unspecified atom stereocenters. The van der Waals surface area contributed by atoms with Gasteiger partial charge in [0.05, 0.1) is 0 Å². The van der Waals surface area contributed by atoms with Gasteiger partial charge in [-0.2, -0.15) is 9.98 Å². The van der Waals surface area contributed by atoms with Crippen molar-refractivity contribution in [1.29, 1.82) is 0 Å². The van der Waals surface area contributed by atoms with Crippen LogP contribution in [0.15, 0.2) is 58.5 Å². The van der Waals surface area contributed by atoms with Crippen molar-refractivity contribution in [3.63, 3.8) is 0 Å². The summed E-state index contributed by atoms with van der Waals surface area (Å²) in [6, 6.07) is 13.8. The van der Waals surface area contributed by atoms with Crippen LogP contribution in [0.5, 0.6) is 11.5 Å². The summed E-state index contributed by atoms with van der Waals surface area (Å²) in [7, 11) is 0. The number of para-hydroxylation sites is 2. The molecule has 5 heteroatoms. The molecular weight excluding hydrogens is 244 g/mol. The minimum absolute atomic E-state index is 0.143. The first-order valence-electron chi connectivity index (χ1n) is 5.37. The summed E-state index contributed by atoms with van der Waals surface area (Å²) in [5, 5.41) is 0. The molecule has 0 bridgehead atoms. The second-order valence-electron chi connectivity index (χ2n) is 3.45. The van der Waals surface area contributed by atoms with E-state index in [0.29, 0.717) is 11.5 Å². The SMILES string of the molecule is O=C=Nc1cccc(Oc2ccccc2)c1N=C=O. The van der Waals surface area contributed by atoms with Gasteiger partial charge in [0.1, 0.15) is 17.1 Å². The van der Waals surface area contributed by atoms with Crippen molar-refractivity contribution >= 4 is 23.5 Å². The van der Waals surface area contributed by atoms with Crippen molar-refractivity contribution < 1.29 is 14.3 Å². The molecule has 0 radical (unpaired) electrons. The highest BCUT2D eigenvalue weighted by molar-refractivity contribution is 5.74. The van der Waals surface area contributed by atoms with E-state index in [2.05, 4.69) is 9.98 Å². The molecule has 0 fully saturated rings. The number of carbonyl (C=O) groups excluding carboxylic acids is 2. The molecule has 0 aliphatic rings. The van der Waals surface area contributed by atoms with Crippen LogP contribution < -0.4 is 4.74 Å². The van der Waals surface area contributed by atoms with Crippen LogP contribution >= 0.6 is 0 Å². The lowest BCUT2D eigenvalue weighted by atomic mass is 10.2. The Hall–Kier alpha value is -3.00. The average Bonchev–Trinajstić information content (AvgIpc) is 2.44. The van der Waals surface area contributed by atoms with Gasteiger partial charge in [-0.15, -0.1) is 0 Å². The Morgan fingerprint density at radius 1 is 0.842 bits per heavy atom. The fourth-order valence-corrected chi connectivity index (χ4v) is 1.51. The van der Waals surface area contributed by atoms with Gasteiger partial charge in [-0.05, 0) is 24.3 Å². The smallest absolute Gasteiger partial charge is 0.240 e. The second-order valence-corrected chi connectivity index (χ2v) is 3.45. The summed E-state index contributed by atoms with van der Waals surface area (Å²) in [4.78, 5) is 27.8. The van der Waals surface area contributed by atoms with Gasteiger partial charge in [0.2, 0.25) is 12.2 Å². The van der Waals surface area contributed by atoms with E-state index in [1.807, 2.05) is 18.2 Å². The van der Waals surface area contributed by atoms with Gasteiger partial charge in [-0.25, -0.2) is 9.59 Å². The van der Waals surface area contributed by atoms with Gasteiger partial charge in [0, 0.05) is 0 Å². The van der Waals surface area contributed by atoms with E-state index in [1.165, 1.54) is 18.2 Å². The van der Waals surface area contributed by atoms with Gasteiger partial charge in [0.25, 0.3) is 0 Å². The van der Waals surface area contributed by atoms with Crippen LogP contribution in [-0.4, -0.2) is 12.2 Å². The Morgan fingerprint density at radius 2 is 1.58 bits per heavy atom. The van der Waals surface area contributed by atoms with E-state index >= 15 is 0 Å². The Labute approximate surface area is 108 Å². The van der Waals surface area contributed by atoms with E-state index in [9.17, 15) is 9.59 Å². The second kappa shape index (κ2) is 6.07. The molecule has 0 aromatic heterocycles. The van der Waals surface area contributed by atoms with Crippen LogP contribution in [-0.2, 0) is 9.59 Å². The number of hydrogen-bond donors (Lipinski definition) is 0. The topological polar surface area (TPSA) is 68.1 Å². The number of hydrogen-bond acceptors (Lipinski definition) is 5. The number of benzene rings is 2. The lowest BCUT2D eigenvalue weighted by molar-refractivity contribution is 0.484. The predicted molar refractivity (Wildman–Crippen MR) is 68.5 cm³/mol. The average molecular weight is 252 g/mol. The zero-order valence-electron chi connectivity index (χ0n) is 9.74. The van der Waals surface area contributed by atoms with Crippen molar-refractivity contribution in [2.45, 2.75) is 0 Å². The quantitative estimate of drug-likeness (QED) is 0.618. The number of ether oxygens (including phenoxy) is 1. The molecule has 0 atom stereocenters. The highest BCUT2D eigenvalue weighted by Gasteiger charge is 2.09. The third-order valence-corrected chi connectivity index (χ3v) is 2.27. The van der Waals surface area contributed by atoms with Crippen molar-refractivity contribution in [2.24, 2.45) is 9.98 Å². The molecule has 0 spiro atoms. The first kappa shape index (κ1) is 12.5. The minimum atomic E-state index is 0.143. The summed E-state index contributed by atoms with van der Waals surface area (Å²) in [5.41, 5.74) is 0.344. The standard InChI is InChI=1S/C14H8N2O3/c17-9-15-12-7-4-8-13(14(12)16-10-18)19-11-5-2-1-3-6-11/h1-8H. The van der Waals surface area contributed by atoms with E-state index < -0.39 is 0 Å². The number of nitrogens with zero attached hydrogens (tertiary/aromatic N) is 2. The van der Waals surface area contributed by atoms with Crippen molar-refractivity contribution in [2.75, 3.05) is 0 Å². The van der Waals surface area contributed by atoms with Gasteiger partial charge in [-0.3, -0.25) is 0 Å². The normalized spacial score (nSPS) is 9.05. The van der Waals surface area contributed by atoms with E-state index in [4.69, 9.17) is 4.74 Å². The first-order chi connectivity index (χ1) is 9.35. The fraction of sp³-hybridized carbons (Fsp3) is 0. The maximum absolute atomic E-state index is 10.4. The third kappa shape index (κ3) is 3.01. The Morgan fingerprint density at radius 3 is 2.26 bits per heavy atom. The molecule has 0 amide bonds. The van der Waals surface area contributed by atoms with Gasteiger partial charge in [-0.1, -0.05) is 24.3 Å². The zero-order valence-corrected chi connectivity index (χ0v) is 9.74. The molecule has 92 valence electrons. The molecule has 0 heterocycles. The van der Waals surface area contributed by atoms with Crippen molar-refractivity contribution in [3.8, 4) is 11.5 Å². The number of isocyanates is 2. The maximum atomic E-state index is 10.4. The summed E-state index contributed by atoms with van der Waals surface area (Å²) < 4.78 is 5.59. The molecule has 2 aromatic carbocycles. The van der Waals surface area contributed by atoms with Crippen LogP contribution in [0.4, 0.5) is 11.4 Å². The summed E-state index contributed by atoms with van der Waals surface area (Å²) in [6.45, 7) is 0. The summed E-state index contributed by atoms with van der Waals surface area (Å²) in [6.07, 6.45) is 2.82. The molecule has 0 saturated carbocycles. The van der Waals surface area contributed by atoms with Crippen LogP contribution in [0.2, 0.25) is 0 Å². The Kier molecular flexibility index (Phi) is 3.98. The highest BCUT2D eigenvalue weighted by atomic mass is 16.5. The summed E-state index contributed by atoms with van der Waals surface area (Å²) >= 11 is 0. The van der Waals surface area contributed by atoms with Gasteiger partial charge < -0.3 is 4.74 Å². The van der Waals surface area contributed by atoms with Crippen LogP contribution in [0, 0.1) is 0 Å². The third-order valence-electron chi connectivity index (χ3n) is 2.27. The van der Waals surface area contributed by atoms with Crippen molar-refractivity contribution in [1.82, 2.24) is 0 Å². The van der Waals surface area contributed by atoms with E-state index in [1.54, 1.807) is 24.3 Å². The largest absolute Gasteiger partial charge is 0.455 e. The molecule has 19 heavy (non-hydrogen) atoms. The lowest BCUT2D eigenvalue weighted by Gasteiger charge is -2.08. The fourth-order valence-electron chi connectivity index (χ4n) is 1.51. The lowest BCUT2D eigenvalue weighted by Crippen LogP contribution is -1.84. The molecular formula is C14H8N2O3. The number of rotatable bonds is 4. The van der Waals surface area contributed by atoms with Crippen molar-refractivity contribution in [3.05, 3.63) is 48.5 Å². The molecule has 0 aliphatic heterocycles. The highest BCUT2D eigenvalue weighted by Crippen LogP contribution is 2.39. The van der Waals surface area contributed by atoms with E-state index in [0.717, 1.165) is 0 Å². The molecule has 0 N–H and O–H groups in total. The molecule has 2 aromatic rings. The minimum Gasteiger partial charge on any atom is -0.455 e. The Bertz CT molecular complexity index is 670. The number of aliphatic imine (C=N–C) groups is 2. The molecule has 0 aliphatic carbocycles. The first-order valence-corrected chi connectivity index (χ1v) is 5.37. The zero-order chi connectivity index (χ0) is 13.5. The molecule has 2 rings (SSSR count). The Balaban J connectivity index is 2.47. The summed E-state index contributed by atoms with van der Waals surface area (Å²) in [5.74, 6) is 0.892. The predicted octanol–water partition coefficient (Wildman–Crippen LogP) is 3.41.